The topological polar surface area (TPSA) is 93.5 Å². The molecule has 2 rings (SSSR count). The number of nitrogens with one attached hydrogen (secondary N) is 2. The molecule has 1 aromatic rings. The summed E-state index contributed by atoms with van der Waals surface area (Å²) in [4.78, 5) is 22.3. The number of anilines is 1. The largest absolute Gasteiger partial charge is 0.376 e. The van der Waals surface area contributed by atoms with Crippen LogP contribution >= 0.6 is 0 Å². The third-order valence-electron chi connectivity index (χ3n) is 4.42. The fourth-order valence-electron chi connectivity index (χ4n) is 2.96. The van der Waals surface area contributed by atoms with Crippen LogP contribution in [0.15, 0.2) is 18.2 Å². The third-order valence-corrected chi connectivity index (χ3v) is 4.42. The first-order chi connectivity index (χ1) is 11.5. The lowest BCUT2D eigenvalue weighted by Crippen LogP contribution is -2.34. The Labute approximate surface area is 141 Å². The van der Waals surface area contributed by atoms with Gasteiger partial charge in [-0.25, -0.2) is 4.79 Å². The molecule has 24 heavy (non-hydrogen) atoms. The summed E-state index contributed by atoms with van der Waals surface area (Å²) >= 11 is 0. The number of carbonyl (C=O) groups excluding carboxylic acids is 1. The highest BCUT2D eigenvalue weighted by Crippen LogP contribution is 2.26. The Hall–Kier alpha value is -2.15. The second kappa shape index (κ2) is 8.63. The van der Waals surface area contributed by atoms with E-state index in [-0.39, 0.29) is 11.8 Å². The van der Waals surface area contributed by atoms with Gasteiger partial charge in [0.2, 0.25) is 0 Å². The highest BCUT2D eigenvalue weighted by atomic mass is 16.6. The standard InChI is InChI=1S/C17H25N3O4/c1-12-7-8-14(11-15(12)20(22)23)19-17(21)18-9-10-24-16-6-4-3-5-13(16)2/h7-8,11,13,16H,3-6,9-10H2,1-2H3,(H2,18,19,21). The quantitative estimate of drug-likeness (QED) is 0.472. The number of carbonyl (C=O) groups is 1. The molecule has 1 fully saturated rings. The van der Waals surface area contributed by atoms with E-state index >= 15 is 0 Å². The number of nitrogens with zero attached hydrogens (tertiary/aromatic N) is 1. The van der Waals surface area contributed by atoms with Gasteiger partial charge in [0.15, 0.2) is 0 Å². The molecule has 2 amide bonds. The molecule has 7 heteroatoms. The maximum atomic E-state index is 11.8. The van der Waals surface area contributed by atoms with E-state index in [1.807, 2.05) is 0 Å². The van der Waals surface area contributed by atoms with Gasteiger partial charge in [0.25, 0.3) is 5.69 Å². The molecule has 0 aliphatic heterocycles. The van der Waals surface area contributed by atoms with E-state index in [4.69, 9.17) is 4.74 Å². The van der Waals surface area contributed by atoms with Crippen molar-refractivity contribution < 1.29 is 14.5 Å². The van der Waals surface area contributed by atoms with Gasteiger partial charge in [-0.3, -0.25) is 10.1 Å². The van der Waals surface area contributed by atoms with Gasteiger partial charge in [0.1, 0.15) is 0 Å². The molecule has 1 aliphatic carbocycles. The lowest BCUT2D eigenvalue weighted by Gasteiger charge is -2.28. The van der Waals surface area contributed by atoms with E-state index in [0.29, 0.717) is 30.3 Å². The minimum atomic E-state index is -0.461. The minimum Gasteiger partial charge on any atom is -0.376 e. The normalized spacial score (nSPS) is 20.4. The van der Waals surface area contributed by atoms with Crippen LogP contribution in [-0.4, -0.2) is 30.2 Å². The van der Waals surface area contributed by atoms with E-state index in [1.165, 1.54) is 25.3 Å². The van der Waals surface area contributed by atoms with Crippen LogP contribution in [0.1, 0.15) is 38.2 Å². The summed E-state index contributed by atoms with van der Waals surface area (Å²) in [6.07, 6.45) is 5.04. The Morgan fingerprint density at radius 3 is 2.83 bits per heavy atom. The van der Waals surface area contributed by atoms with Crippen LogP contribution < -0.4 is 10.6 Å². The van der Waals surface area contributed by atoms with Crippen molar-refractivity contribution in [3.8, 4) is 0 Å². The maximum absolute atomic E-state index is 11.8. The number of aryl methyl sites for hydroxylation is 1. The fourth-order valence-corrected chi connectivity index (χ4v) is 2.96. The minimum absolute atomic E-state index is 0.0116. The average molecular weight is 335 g/mol. The number of amides is 2. The molecule has 1 aliphatic rings. The van der Waals surface area contributed by atoms with Crippen LogP contribution in [0.3, 0.4) is 0 Å². The number of nitro groups is 1. The Balaban J connectivity index is 1.73. The second-order valence-corrected chi connectivity index (χ2v) is 6.31. The molecule has 0 heterocycles. The summed E-state index contributed by atoms with van der Waals surface area (Å²) < 4.78 is 5.83. The van der Waals surface area contributed by atoms with Crippen LogP contribution in [0.25, 0.3) is 0 Å². The summed E-state index contributed by atoms with van der Waals surface area (Å²) in [6, 6.07) is 4.21. The van der Waals surface area contributed by atoms with Crippen LogP contribution in [0.5, 0.6) is 0 Å². The summed E-state index contributed by atoms with van der Waals surface area (Å²) in [5.41, 5.74) is 0.940. The summed E-state index contributed by atoms with van der Waals surface area (Å²) in [5.74, 6) is 0.570. The molecule has 0 bridgehead atoms. The van der Waals surface area contributed by atoms with Crippen molar-refractivity contribution in [1.29, 1.82) is 0 Å². The van der Waals surface area contributed by atoms with Gasteiger partial charge in [-0.1, -0.05) is 25.8 Å². The van der Waals surface area contributed by atoms with Crippen LogP contribution in [-0.2, 0) is 4.74 Å². The Morgan fingerprint density at radius 2 is 2.12 bits per heavy atom. The van der Waals surface area contributed by atoms with Crippen molar-refractivity contribution >= 4 is 17.4 Å². The molecule has 2 unspecified atom stereocenters. The second-order valence-electron chi connectivity index (χ2n) is 6.31. The number of nitro benzene ring substituents is 1. The van der Waals surface area contributed by atoms with Crippen molar-refractivity contribution in [3.63, 3.8) is 0 Å². The number of hydrogen-bond acceptors (Lipinski definition) is 4. The Kier molecular flexibility index (Phi) is 6.54. The molecular formula is C17H25N3O4. The molecule has 0 saturated heterocycles. The molecule has 0 aromatic heterocycles. The summed E-state index contributed by atoms with van der Waals surface area (Å²) in [6.45, 7) is 4.74. The van der Waals surface area contributed by atoms with Gasteiger partial charge in [0, 0.05) is 23.9 Å². The zero-order valence-electron chi connectivity index (χ0n) is 14.2. The predicted molar refractivity (Wildman–Crippen MR) is 92.2 cm³/mol. The van der Waals surface area contributed by atoms with Crippen molar-refractivity contribution in [2.24, 2.45) is 5.92 Å². The first-order valence-corrected chi connectivity index (χ1v) is 8.39. The molecule has 1 saturated carbocycles. The zero-order valence-corrected chi connectivity index (χ0v) is 14.2. The molecule has 1 aromatic carbocycles. The van der Waals surface area contributed by atoms with Crippen molar-refractivity contribution in [2.45, 2.75) is 45.6 Å². The number of benzene rings is 1. The average Bonchev–Trinajstić information content (AvgIpc) is 2.54. The highest BCUT2D eigenvalue weighted by molar-refractivity contribution is 5.89. The van der Waals surface area contributed by atoms with Gasteiger partial charge in [-0.05, 0) is 31.7 Å². The Morgan fingerprint density at radius 1 is 1.38 bits per heavy atom. The number of ether oxygens (including phenoxy) is 1. The smallest absolute Gasteiger partial charge is 0.319 e. The molecule has 132 valence electrons. The number of hydrogen-bond donors (Lipinski definition) is 2. The maximum Gasteiger partial charge on any atom is 0.319 e. The van der Waals surface area contributed by atoms with Crippen LogP contribution in [0.4, 0.5) is 16.2 Å². The molecule has 2 N–H and O–H groups in total. The van der Waals surface area contributed by atoms with Gasteiger partial charge >= 0.3 is 6.03 Å². The molecule has 7 nitrogen and oxygen atoms in total. The summed E-state index contributed by atoms with van der Waals surface area (Å²) in [5, 5.41) is 16.2. The van der Waals surface area contributed by atoms with Gasteiger partial charge < -0.3 is 15.4 Å². The highest BCUT2D eigenvalue weighted by Gasteiger charge is 2.21. The van der Waals surface area contributed by atoms with Gasteiger partial charge in [-0.15, -0.1) is 0 Å². The third kappa shape index (κ3) is 5.19. The molecular weight excluding hydrogens is 310 g/mol. The first-order valence-electron chi connectivity index (χ1n) is 8.39. The van der Waals surface area contributed by atoms with Gasteiger partial charge in [0.05, 0.1) is 17.6 Å². The predicted octanol–water partition coefficient (Wildman–Crippen LogP) is 3.62. The van der Waals surface area contributed by atoms with Crippen LogP contribution in [0, 0.1) is 23.0 Å². The van der Waals surface area contributed by atoms with Gasteiger partial charge in [-0.2, -0.15) is 0 Å². The van der Waals surface area contributed by atoms with Crippen LogP contribution in [0.2, 0.25) is 0 Å². The van der Waals surface area contributed by atoms with E-state index in [2.05, 4.69) is 17.6 Å². The SMILES string of the molecule is Cc1ccc(NC(=O)NCCOC2CCCCC2C)cc1[N+](=O)[O-]. The molecule has 0 radical (unpaired) electrons. The number of urea groups is 1. The summed E-state index contributed by atoms with van der Waals surface area (Å²) in [7, 11) is 0. The number of rotatable bonds is 6. The lowest BCUT2D eigenvalue weighted by molar-refractivity contribution is -0.385. The molecule has 0 spiro atoms. The Bertz CT molecular complexity index is 591. The van der Waals surface area contributed by atoms with Crippen molar-refractivity contribution in [1.82, 2.24) is 5.32 Å². The fraction of sp³-hybridized carbons (Fsp3) is 0.588. The van der Waals surface area contributed by atoms with E-state index in [0.717, 1.165) is 6.42 Å². The monoisotopic (exact) mass is 335 g/mol. The van der Waals surface area contributed by atoms with E-state index in [1.54, 1.807) is 19.1 Å². The molecule has 2 atom stereocenters. The lowest BCUT2D eigenvalue weighted by atomic mass is 9.88. The van der Waals surface area contributed by atoms with Crippen molar-refractivity contribution in [2.75, 3.05) is 18.5 Å². The zero-order chi connectivity index (χ0) is 17.5. The first kappa shape index (κ1) is 18.2. The van der Waals surface area contributed by atoms with Crippen molar-refractivity contribution in [3.05, 3.63) is 33.9 Å². The van der Waals surface area contributed by atoms with E-state index < -0.39 is 11.0 Å². The van der Waals surface area contributed by atoms with E-state index in [9.17, 15) is 14.9 Å².